The van der Waals surface area contributed by atoms with E-state index in [4.69, 9.17) is 0 Å². The fourth-order valence-corrected chi connectivity index (χ4v) is 3.89. The van der Waals surface area contributed by atoms with Crippen LogP contribution >= 0.6 is 11.3 Å². The van der Waals surface area contributed by atoms with E-state index in [1.807, 2.05) is 0 Å². The second-order valence-corrected chi connectivity index (χ2v) is 6.06. The number of aryl methyl sites for hydroxylation is 2. The summed E-state index contributed by atoms with van der Waals surface area (Å²) in [5, 5.41) is 12.6. The molecule has 0 radical (unpaired) electrons. The average molecular weight is 302 g/mol. The van der Waals surface area contributed by atoms with Gasteiger partial charge in [-0.25, -0.2) is 4.79 Å². The number of anilines is 1. The molecule has 6 heteroatoms. The summed E-state index contributed by atoms with van der Waals surface area (Å²) < 4.78 is 0. The van der Waals surface area contributed by atoms with E-state index in [1.54, 1.807) is 25.3 Å². The van der Waals surface area contributed by atoms with Gasteiger partial charge in [0.05, 0.1) is 11.1 Å². The Bertz CT molecular complexity index is 737. The molecule has 0 aliphatic heterocycles. The number of carboxylic acids is 1. The predicted molar refractivity (Wildman–Crippen MR) is 80.2 cm³/mol. The molecule has 2 aromatic heterocycles. The lowest BCUT2D eigenvalue weighted by molar-refractivity contribution is 0.0697. The molecule has 0 saturated heterocycles. The van der Waals surface area contributed by atoms with Crippen LogP contribution in [-0.4, -0.2) is 22.0 Å². The van der Waals surface area contributed by atoms with Gasteiger partial charge in [-0.2, -0.15) is 0 Å². The van der Waals surface area contributed by atoms with E-state index in [2.05, 4.69) is 10.3 Å². The van der Waals surface area contributed by atoms with Crippen LogP contribution in [0.4, 0.5) is 5.00 Å². The Morgan fingerprint density at radius 2 is 2.19 bits per heavy atom. The van der Waals surface area contributed by atoms with Gasteiger partial charge in [-0.05, 0) is 43.9 Å². The molecule has 2 N–H and O–H groups in total. The van der Waals surface area contributed by atoms with Gasteiger partial charge in [0.25, 0.3) is 5.91 Å². The molecule has 1 aliphatic carbocycles. The van der Waals surface area contributed by atoms with Gasteiger partial charge in [-0.1, -0.05) is 0 Å². The zero-order valence-corrected chi connectivity index (χ0v) is 12.3. The van der Waals surface area contributed by atoms with Gasteiger partial charge in [0, 0.05) is 16.8 Å². The first-order valence-corrected chi connectivity index (χ1v) is 7.50. The van der Waals surface area contributed by atoms with Crippen molar-refractivity contribution in [2.75, 3.05) is 5.32 Å². The maximum absolute atomic E-state index is 12.3. The summed E-state index contributed by atoms with van der Waals surface area (Å²) in [5.74, 6) is -1.30. The van der Waals surface area contributed by atoms with Crippen LogP contribution in [0.2, 0.25) is 0 Å². The average Bonchev–Trinajstić information content (AvgIpc) is 2.98. The van der Waals surface area contributed by atoms with Crippen LogP contribution in [0.25, 0.3) is 0 Å². The number of hydrogen-bond donors (Lipinski definition) is 2. The van der Waals surface area contributed by atoms with E-state index < -0.39 is 5.97 Å². The standard InChI is InChI=1S/C15H14N2O3S/c1-8-9(5-3-7-16-8)13(18)17-14-12(15(19)20)10-4-2-6-11(10)21-14/h3,5,7H,2,4,6H2,1H3,(H,17,18)(H,19,20). The van der Waals surface area contributed by atoms with Crippen LogP contribution in [0.1, 0.15) is 43.3 Å². The molecular formula is C15H14N2O3S. The van der Waals surface area contributed by atoms with Crippen molar-refractivity contribution < 1.29 is 14.7 Å². The number of fused-ring (bicyclic) bond motifs is 1. The van der Waals surface area contributed by atoms with Crippen molar-refractivity contribution in [2.45, 2.75) is 26.2 Å². The van der Waals surface area contributed by atoms with Crippen molar-refractivity contribution >= 4 is 28.2 Å². The monoisotopic (exact) mass is 302 g/mol. The van der Waals surface area contributed by atoms with E-state index in [0.717, 1.165) is 29.7 Å². The first kappa shape index (κ1) is 13.8. The van der Waals surface area contributed by atoms with E-state index in [9.17, 15) is 14.7 Å². The van der Waals surface area contributed by atoms with E-state index in [1.165, 1.54) is 11.3 Å². The van der Waals surface area contributed by atoms with Crippen molar-refractivity contribution in [2.24, 2.45) is 0 Å². The second-order valence-electron chi connectivity index (χ2n) is 4.96. The maximum atomic E-state index is 12.3. The van der Waals surface area contributed by atoms with Gasteiger partial charge < -0.3 is 10.4 Å². The number of nitrogens with one attached hydrogen (secondary N) is 1. The number of carboxylic acid groups (broad SMARTS) is 1. The molecule has 0 atom stereocenters. The minimum absolute atomic E-state index is 0.252. The molecule has 0 spiro atoms. The molecule has 5 nitrogen and oxygen atoms in total. The van der Waals surface area contributed by atoms with Crippen LogP contribution in [0.5, 0.6) is 0 Å². The fraction of sp³-hybridized carbons (Fsp3) is 0.267. The van der Waals surface area contributed by atoms with Crippen molar-refractivity contribution in [3.05, 3.63) is 45.6 Å². The summed E-state index contributed by atoms with van der Waals surface area (Å²) in [6.07, 6.45) is 4.27. The molecule has 0 fully saturated rings. The number of thiophene rings is 1. The van der Waals surface area contributed by atoms with Crippen LogP contribution in [0.15, 0.2) is 18.3 Å². The van der Waals surface area contributed by atoms with Crippen molar-refractivity contribution in [3.8, 4) is 0 Å². The van der Waals surface area contributed by atoms with Gasteiger partial charge >= 0.3 is 5.97 Å². The first-order valence-electron chi connectivity index (χ1n) is 6.68. The Balaban J connectivity index is 1.94. The summed E-state index contributed by atoms with van der Waals surface area (Å²) in [5.41, 5.74) is 2.21. The zero-order valence-electron chi connectivity index (χ0n) is 11.5. The number of carbonyl (C=O) groups is 2. The molecule has 1 amide bonds. The molecule has 0 saturated carbocycles. The number of amides is 1. The number of rotatable bonds is 3. The lowest BCUT2D eigenvalue weighted by atomic mass is 10.1. The number of pyridine rings is 1. The molecule has 2 heterocycles. The smallest absolute Gasteiger partial charge is 0.339 e. The third kappa shape index (κ3) is 2.42. The topological polar surface area (TPSA) is 79.3 Å². The van der Waals surface area contributed by atoms with E-state index >= 15 is 0 Å². The van der Waals surface area contributed by atoms with Crippen LogP contribution < -0.4 is 5.32 Å². The summed E-state index contributed by atoms with van der Waals surface area (Å²) in [4.78, 5) is 28.9. The summed E-state index contributed by atoms with van der Waals surface area (Å²) in [6.45, 7) is 1.75. The highest BCUT2D eigenvalue weighted by molar-refractivity contribution is 7.17. The van der Waals surface area contributed by atoms with Crippen molar-refractivity contribution in [1.82, 2.24) is 4.98 Å². The molecule has 108 valence electrons. The SMILES string of the molecule is Cc1ncccc1C(=O)Nc1sc2c(c1C(=O)O)CCC2. The molecular weight excluding hydrogens is 288 g/mol. The Morgan fingerprint density at radius 3 is 2.90 bits per heavy atom. The zero-order chi connectivity index (χ0) is 15.0. The van der Waals surface area contributed by atoms with Crippen LogP contribution in [0.3, 0.4) is 0 Å². The van der Waals surface area contributed by atoms with Gasteiger partial charge in [0.1, 0.15) is 5.00 Å². The molecule has 0 bridgehead atoms. The normalized spacial score (nSPS) is 13.0. The van der Waals surface area contributed by atoms with Gasteiger partial charge in [-0.15, -0.1) is 11.3 Å². The highest BCUT2D eigenvalue weighted by Crippen LogP contribution is 2.39. The van der Waals surface area contributed by atoms with Crippen LogP contribution in [-0.2, 0) is 12.8 Å². The number of hydrogen-bond acceptors (Lipinski definition) is 4. The van der Waals surface area contributed by atoms with E-state index in [0.29, 0.717) is 16.3 Å². The van der Waals surface area contributed by atoms with Gasteiger partial charge in [0.15, 0.2) is 0 Å². The quantitative estimate of drug-likeness (QED) is 0.913. The number of carbonyl (C=O) groups excluding carboxylic acids is 1. The summed E-state index contributed by atoms with van der Waals surface area (Å²) in [6, 6.07) is 3.37. The Labute approximate surface area is 125 Å². The first-order chi connectivity index (χ1) is 10.1. The van der Waals surface area contributed by atoms with E-state index in [-0.39, 0.29) is 11.5 Å². The van der Waals surface area contributed by atoms with Crippen molar-refractivity contribution in [1.29, 1.82) is 0 Å². The highest BCUT2D eigenvalue weighted by Gasteiger charge is 2.27. The third-order valence-corrected chi connectivity index (χ3v) is 4.82. The van der Waals surface area contributed by atoms with Crippen molar-refractivity contribution in [3.63, 3.8) is 0 Å². The molecule has 0 unspecified atom stereocenters. The minimum Gasteiger partial charge on any atom is -0.478 e. The lowest BCUT2D eigenvalue weighted by Gasteiger charge is -2.07. The van der Waals surface area contributed by atoms with Gasteiger partial charge in [-0.3, -0.25) is 9.78 Å². The summed E-state index contributed by atoms with van der Waals surface area (Å²) >= 11 is 1.37. The summed E-state index contributed by atoms with van der Waals surface area (Å²) in [7, 11) is 0. The highest BCUT2D eigenvalue weighted by atomic mass is 32.1. The molecule has 0 aromatic carbocycles. The molecule has 1 aliphatic rings. The predicted octanol–water partition coefficient (Wildman–Crippen LogP) is 2.89. The molecule has 3 rings (SSSR count). The van der Waals surface area contributed by atoms with Gasteiger partial charge in [0.2, 0.25) is 0 Å². The molecule has 21 heavy (non-hydrogen) atoms. The number of nitrogens with zero attached hydrogens (tertiary/aromatic N) is 1. The maximum Gasteiger partial charge on any atom is 0.339 e. The third-order valence-electron chi connectivity index (χ3n) is 3.61. The number of aromatic carboxylic acids is 1. The lowest BCUT2D eigenvalue weighted by Crippen LogP contribution is -2.15. The Morgan fingerprint density at radius 1 is 1.38 bits per heavy atom. The number of aromatic nitrogens is 1. The Kier molecular flexibility index (Phi) is 3.47. The largest absolute Gasteiger partial charge is 0.478 e. The van der Waals surface area contributed by atoms with Crippen LogP contribution in [0, 0.1) is 6.92 Å². The second kappa shape index (κ2) is 5.29. The minimum atomic E-state index is -0.979. The molecule has 2 aromatic rings. The Hall–Kier alpha value is -2.21. The fourth-order valence-electron chi connectivity index (χ4n) is 2.61.